The number of ether oxygens (including phenoxy) is 1. The van der Waals surface area contributed by atoms with E-state index in [0.717, 1.165) is 16.9 Å². The van der Waals surface area contributed by atoms with Gasteiger partial charge in [-0.1, -0.05) is 24.3 Å². The summed E-state index contributed by atoms with van der Waals surface area (Å²) in [6.45, 7) is 0.645. The Morgan fingerprint density at radius 1 is 1.22 bits per heavy atom. The molecule has 1 aliphatic rings. The minimum absolute atomic E-state index is 0.0860. The van der Waals surface area contributed by atoms with Gasteiger partial charge in [0.05, 0.1) is 19.1 Å². The van der Waals surface area contributed by atoms with E-state index in [2.05, 4.69) is 11.4 Å². The Morgan fingerprint density at radius 3 is 2.70 bits per heavy atom. The molecule has 0 unspecified atom stereocenters. The van der Waals surface area contributed by atoms with Crippen molar-refractivity contribution in [2.75, 3.05) is 18.2 Å². The van der Waals surface area contributed by atoms with Crippen LogP contribution in [0.25, 0.3) is 0 Å². The molecular formula is C18H19NO3S. The summed E-state index contributed by atoms with van der Waals surface area (Å²) in [5.41, 5.74) is 3.06. The largest absolute Gasteiger partial charge is 0.373 e. The molecule has 1 heterocycles. The Morgan fingerprint density at radius 2 is 1.96 bits per heavy atom. The lowest BCUT2D eigenvalue weighted by atomic mass is 9.95. The zero-order valence-electron chi connectivity index (χ0n) is 13.0. The molecule has 0 bridgehead atoms. The molecule has 0 saturated carbocycles. The number of benzene rings is 2. The molecular weight excluding hydrogens is 310 g/mol. The minimum atomic E-state index is -1.01. The number of fused-ring (bicyclic) bond motifs is 1. The molecule has 2 aromatic carbocycles. The number of carbonyl (C=O) groups excluding carboxylic acids is 1. The SMILES string of the molecule is C[S@@](=O)c1ccc(NC(=O)C[C@@H]2OCCc3ccccc32)cc1. The topological polar surface area (TPSA) is 55.4 Å². The number of anilines is 1. The number of amides is 1. The van der Waals surface area contributed by atoms with E-state index in [9.17, 15) is 9.00 Å². The Bertz CT molecular complexity index is 727. The smallest absolute Gasteiger partial charge is 0.227 e. The molecule has 4 nitrogen and oxygen atoms in total. The fourth-order valence-electron chi connectivity index (χ4n) is 2.76. The van der Waals surface area contributed by atoms with Crippen LogP contribution in [0.1, 0.15) is 23.7 Å². The maximum absolute atomic E-state index is 12.3. The van der Waals surface area contributed by atoms with E-state index < -0.39 is 10.8 Å². The first kappa shape index (κ1) is 15.9. The Balaban J connectivity index is 1.65. The van der Waals surface area contributed by atoms with Crippen molar-refractivity contribution in [1.29, 1.82) is 0 Å². The summed E-state index contributed by atoms with van der Waals surface area (Å²) in [7, 11) is -1.01. The molecule has 0 aliphatic carbocycles. The van der Waals surface area contributed by atoms with E-state index in [0.29, 0.717) is 18.7 Å². The van der Waals surface area contributed by atoms with Gasteiger partial charge in [0.25, 0.3) is 0 Å². The van der Waals surface area contributed by atoms with Gasteiger partial charge in [0, 0.05) is 27.6 Å². The average molecular weight is 329 g/mol. The highest BCUT2D eigenvalue weighted by molar-refractivity contribution is 7.84. The molecule has 0 fully saturated rings. The summed E-state index contributed by atoms with van der Waals surface area (Å²) in [6.07, 6.45) is 2.62. The predicted octanol–water partition coefficient (Wildman–Crippen LogP) is 3.07. The first-order chi connectivity index (χ1) is 11.1. The van der Waals surface area contributed by atoms with Crippen LogP contribution < -0.4 is 5.32 Å². The van der Waals surface area contributed by atoms with Gasteiger partial charge in [-0.05, 0) is 41.8 Å². The lowest BCUT2D eigenvalue weighted by Gasteiger charge is -2.25. The number of rotatable bonds is 4. The summed E-state index contributed by atoms with van der Waals surface area (Å²) >= 11 is 0. The van der Waals surface area contributed by atoms with Gasteiger partial charge < -0.3 is 10.1 Å². The Labute approximate surface area is 138 Å². The maximum atomic E-state index is 12.3. The summed E-state index contributed by atoms with van der Waals surface area (Å²) in [5.74, 6) is -0.0860. The van der Waals surface area contributed by atoms with E-state index >= 15 is 0 Å². The molecule has 1 aliphatic heterocycles. The highest BCUT2D eigenvalue weighted by Gasteiger charge is 2.23. The Hall–Kier alpha value is -1.98. The van der Waals surface area contributed by atoms with Crippen LogP contribution in [-0.4, -0.2) is 23.0 Å². The second kappa shape index (κ2) is 7.06. The molecule has 0 saturated heterocycles. The van der Waals surface area contributed by atoms with Crippen molar-refractivity contribution in [3.8, 4) is 0 Å². The highest BCUT2D eigenvalue weighted by atomic mass is 32.2. The standard InChI is InChI=1S/C18H19NO3S/c1-23(21)15-8-6-14(7-9-15)19-18(20)12-17-16-5-3-2-4-13(16)10-11-22-17/h2-9,17H,10-12H2,1H3,(H,19,20)/t17-,23+/m0/s1. The van der Waals surface area contributed by atoms with E-state index in [1.807, 2.05) is 18.2 Å². The third kappa shape index (κ3) is 3.86. The van der Waals surface area contributed by atoms with Crippen molar-refractivity contribution >= 4 is 22.4 Å². The van der Waals surface area contributed by atoms with Crippen molar-refractivity contribution in [3.05, 3.63) is 59.7 Å². The summed E-state index contributed by atoms with van der Waals surface area (Å²) in [5, 5.41) is 2.87. The normalized spacial score (nSPS) is 18.0. The van der Waals surface area contributed by atoms with Crippen molar-refractivity contribution < 1.29 is 13.7 Å². The highest BCUT2D eigenvalue weighted by Crippen LogP contribution is 2.29. The van der Waals surface area contributed by atoms with Gasteiger partial charge in [0.2, 0.25) is 5.91 Å². The van der Waals surface area contributed by atoms with E-state index in [1.54, 1.807) is 30.5 Å². The first-order valence-electron chi connectivity index (χ1n) is 7.56. The molecule has 0 spiro atoms. The van der Waals surface area contributed by atoms with Gasteiger partial charge in [-0.2, -0.15) is 0 Å². The predicted molar refractivity (Wildman–Crippen MR) is 90.9 cm³/mol. The molecule has 120 valence electrons. The molecule has 23 heavy (non-hydrogen) atoms. The number of hydrogen-bond acceptors (Lipinski definition) is 3. The van der Waals surface area contributed by atoms with Crippen LogP contribution in [0.5, 0.6) is 0 Å². The zero-order chi connectivity index (χ0) is 16.2. The van der Waals surface area contributed by atoms with Crippen LogP contribution in [0.2, 0.25) is 0 Å². The molecule has 5 heteroatoms. The van der Waals surface area contributed by atoms with Crippen LogP contribution in [0.3, 0.4) is 0 Å². The monoisotopic (exact) mass is 329 g/mol. The summed E-state index contributed by atoms with van der Waals surface area (Å²) < 4.78 is 17.1. The van der Waals surface area contributed by atoms with Gasteiger partial charge in [-0.3, -0.25) is 9.00 Å². The van der Waals surface area contributed by atoms with Crippen LogP contribution in [0.4, 0.5) is 5.69 Å². The lowest BCUT2D eigenvalue weighted by molar-refractivity contribution is -0.119. The maximum Gasteiger partial charge on any atom is 0.227 e. The molecule has 2 atom stereocenters. The van der Waals surface area contributed by atoms with Gasteiger partial charge in [0.1, 0.15) is 0 Å². The van der Waals surface area contributed by atoms with E-state index in [1.165, 1.54) is 5.56 Å². The van der Waals surface area contributed by atoms with Crippen LogP contribution in [-0.2, 0) is 26.8 Å². The van der Waals surface area contributed by atoms with Gasteiger partial charge in [-0.15, -0.1) is 0 Å². The lowest BCUT2D eigenvalue weighted by Crippen LogP contribution is -2.22. The summed E-state index contributed by atoms with van der Waals surface area (Å²) in [6, 6.07) is 15.2. The van der Waals surface area contributed by atoms with Gasteiger partial charge in [0.15, 0.2) is 0 Å². The molecule has 3 rings (SSSR count). The van der Waals surface area contributed by atoms with E-state index in [-0.39, 0.29) is 12.0 Å². The quantitative estimate of drug-likeness (QED) is 0.938. The van der Waals surface area contributed by atoms with Gasteiger partial charge in [-0.25, -0.2) is 0 Å². The minimum Gasteiger partial charge on any atom is -0.373 e. The first-order valence-corrected chi connectivity index (χ1v) is 9.12. The molecule has 2 aromatic rings. The summed E-state index contributed by atoms with van der Waals surface area (Å²) in [4.78, 5) is 13.0. The van der Waals surface area contributed by atoms with Crippen LogP contribution >= 0.6 is 0 Å². The number of carbonyl (C=O) groups is 1. The second-order valence-electron chi connectivity index (χ2n) is 5.54. The van der Waals surface area contributed by atoms with Crippen molar-refractivity contribution in [2.24, 2.45) is 0 Å². The number of nitrogens with one attached hydrogen (secondary N) is 1. The molecule has 0 aromatic heterocycles. The van der Waals surface area contributed by atoms with Crippen molar-refractivity contribution in [3.63, 3.8) is 0 Å². The molecule has 0 radical (unpaired) electrons. The van der Waals surface area contributed by atoms with E-state index in [4.69, 9.17) is 4.74 Å². The molecule has 1 N–H and O–H groups in total. The average Bonchev–Trinajstić information content (AvgIpc) is 2.55. The van der Waals surface area contributed by atoms with Crippen LogP contribution in [0.15, 0.2) is 53.4 Å². The molecule has 1 amide bonds. The van der Waals surface area contributed by atoms with Gasteiger partial charge >= 0.3 is 0 Å². The fraction of sp³-hybridized carbons (Fsp3) is 0.278. The Kier molecular flexibility index (Phi) is 4.88. The van der Waals surface area contributed by atoms with Crippen molar-refractivity contribution in [1.82, 2.24) is 0 Å². The fourth-order valence-corrected chi connectivity index (χ4v) is 3.28. The third-order valence-corrected chi connectivity index (χ3v) is 4.87. The third-order valence-electron chi connectivity index (χ3n) is 3.93. The number of hydrogen-bond donors (Lipinski definition) is 1. The van der Waals surface area contributed by atoms with Crippen LogP contribution in [0, 0.1) is 0 Å². The zero-order valence-corrected chi connectivity index (χ0v) is 13.8. The van der Waals surface area contributed by atoms with Crippen molar-refractivity contribution in [2.45, 2.75) is 23.8 Å². The second-order valence-corrected chi connectivity index (χ2v) is 6.92.